The van der Waals surface area contributed by atoms with Crippen molar-refractivity contribution in [3.8, 4) is 11.5 Å². The molecule has 198 valence electrons. The molecule has 0 unspecified atom stereocenters. The molecule has 2 aliphatic heterocycles. The maximum atomic E-state index is 13.6. The molecule has 2 aliphatic rings. The molecule has 11 heteroatoms. The molecule has 4 heterocycles. The molecule has 1 N–H and O–H groups in total. The van der Waals surface area contributed by atoms with Gasteiger partial charge in [-0.2, -0.15) is 0 Å². The third-order valence-electron chi connectivity index (χ3n) is 6.00. The van der Waals surface area contributed by atoms with Crippen LogP contribution in [0.3, 0.4) is 0 Å². The van der Waals surface area contributed by atoms with Crippen LogP contribution in [0.4, 0.5) is 5.82 Å². The van der Waals surface area contributed by atoms with Crippen LogP contribution >= 0.6 is 24.0 Å². The van der Waals surface area contributed by atoms with E-state index in [1.54, 1.807) is 18.3 Å². The van der Waals surface area contributed by atoms with Crippen molar-refractivity contribution in [3.05, 3.63) is 68.5 Å². The van der Waals surface area contributed by atoms with E-state index in [-0.39, 0.29) is 30.9 Å². The fraction of sp³-hybridized carbons (Fsp3) is 0.333. The van der Waals surface area contributed by atoms with Gasteiger partial charge in [-0.15, -0.1) is 0 Å². The number of aromatic nitrogens is 2. The number of anilines is 1. The number of fused-ring (bicyclic) bond motifs is 2. The minimum Gasteiger partial charge on any atom is -0.454 e. The predicted octanol–water partition coefficient (Wildman–Crippen LogP) is 4.36. The molecule has 2 aromatic heterocycles. The Hall–Kier alpha value is -3.41. The second kappa shape index (κ2) is 11.1. The van der Waals surface area contributed by atoms with Crippen molar-refractivity contribution in [3.63, 3.8) is 0 Å². The molecule has 5 rings (SSSR count). The number of ether oxygens (including phenoxy) is 3. The Kier molecular flexibility index (Phi) is 7.68. The van der Waals surface area contributed by atoms with Crippen LogP contribution < -0.4 is 20.3 Å². The lowest BCUT2D eigenvalue weighted by atomic mass is 10.2. The van der Waals surface area contributed by atoms with Crippen LogP contribution in [-0.4, -0.2) is 50.6 Å². The Labute approximate surface area is 229 Å². The van der Waals surface area contributed by atoms with E-state index in [2.05, 4.69) is 10.3 Å². The lowest BCUT2D eigenvalue weighted by Gasteiger charge is -2.15. The lowest BCUT2D eigenvalue weighted by Crippen LogP contribution is -2.27. The Morgan fingerprint density at radius 2 is 2.03 bits per heavy atom. The van der Waals surface area contributed by atoms with E-state index in [0.717, 1.165) is 17.5 Å². The van der Waals surface area contributed by atoms with E-state index in [0.29, 0.717) is 50.9 Å². The van der Waals surface area contributed by atoms with Gasteiger partial charge in [-0.1, -0.05) is 36.1 Å². The number of hydrogen-bond acceptors (Lipinski definition) is 9. The summed E-state index contributed by atoms with van der Waals surface area (Å²) in [6.45, 7) is 7.50. The normalized spacial score (nSPS) is 15.9. The van der Waals surface area contributed by atoms with Crippen LogP contribution in [0.2, 0.25) is 0 Å². The summed E-state index contributed by atoms with van der Waals surface area (Å²) in [4.78, 5) is 33.5. The molecule has 1 aromatic carbocycles. The van der Waals surface area contributed by atoms with Gasteiger partial charge in [-0.25, -0.2) is 4.98 Å². The van der Waals surface area contributed by atoms with E-state index in [1.807, 2.05) is 45.0 Å². The Bertz CT molecular complexity index is 1500. The van der Waals surface area contributed by atoms with Crippen molar-refractivity contribution < 1.29 is 19.0 Å². The highest BCUT2D eigenvalue weighted by Gasteiger charge is 2.33. The first-order valence-electron chi connectivity index (χ1n) is 12.3. The number of nitrogens with one attached hydrogen (secondary N) is 1. The third kappa shape index (κ3) is 5.54. The molecule has 0 radical (unpaired) electrons. The SMILES string of the molecule is Cc1ccc2nc(NCCCOC(C)C)c(/C=C3\SC(=S)N(Cc4ccc5c(c4)OCO5)C3=O)c(=O)n2c1. The lowest BCUT2D eigenvalue weighted by molar-refractivity contribution is -0.122. The largest absolute Gasteiger partial charge is 0.454 e. The van der Waals surface area contributed by atoms with Gasteiger partial charge in [0.15, 0.2) is 11.5 Å². The van der Waals surface area contributed by atoms with Gasteiger partial charge in [0.05, 0.1) is 23.1 Å². The molecule has 38 heavy (non-hydrogen) atoms. The topological polar surface area (TPSA) is 94.4 Å². The number of thioether (sulfide) groups is 1. The van der Waals surface area contributed by atoms with Crippen molar-refractivity contribution in [2.24, 2.45) is 0 Å². The summed E-state index contributed by atoms with van der Waals surface area (Å²) in [6.07, 6.45) is 4.23. The minimum absolute atomic E-state index is 0.150. The van der Waals surface area contributed by atoms with E-state index in [9.17, 15) is 9.59 Å². The molecule has 0 aliphatic carbocycles. The molecule has 1 saturated heterocycles. The van der Waals surface area contributed by atoms with Gasteiger partial charge in [-0.05, 0) is 62.6 Å². The van der Waals surface area contributed by atoms with Gasteiger partial charge in [0.1, 0.15) is 15.8 Å². The average molecular weight is 553 g/mol. The van der Waals surface area contributed by atoms with Gasteiger partial charge in [0.25, 0.3) is 11.5 Å². The van der Waals surface area contributed by atoms with Crippen LogP contribution in [0, 0.1) is 6.92 Å². The zero-order valence-corrected chi connectivity index (χ0v) is 23.0. The molecule has 0 bridgehead atoms. The quantitative estimate of drug-likeness (QED) is 0.236. The van der Waals surface area contributed by atoms with Gasteiger partial charge in [-0.3, -0.25) is 18.9 Å². The summed E-state index contributed by atoms with van der Waals surface area (Å²) in [6, 6.07) is 9.25. The van der Waals surface area contributed by atoms with Gasteiger partial charge >= 0.3 is 0 Å². The number of benzene rings is 1. The third-order valence-corrected chi connectivity index (χ3v) is 7.37. The van der Waals surface area contributed by atoms with Crippen LogP contribution in [0.15, 0.2) is 46.2 Å². The molecular formula is C27H28N4O5S2. The maximum absolute atomic E-state index is 13.6. The first kappa shape index (κ1) is 26.2. The number of hydrogen-bond donors (Lipinski definition) is 1. The summed E-state index contributed by atoms with van der Waals surface area (Å²) in [5.74, 6) is 1.48. The van der Waals surface area contributed by atoms with Crippen LogP contribution in [-0.2, 0) is 16.1 Å². The number of carbonyl (C=O) groups excluding carboxylic acids is 1. The highest BCUT2D eigenvalue weighted by atomic mass is 32.2. The summed E-state index contributed by atoms with van der Waals surface area (Å²) in [5.41, 5.74) is 2.35. The number of carbonyl (C=O) groups is 1. The molecular weight excluding hydrogens is 524 g/mol. The Morgan fingerprint density at radius 3 is 2.84 bits per heavy atom. The highest BCUT2D eigenvalue weighted by Crippen LogP contribution is 2.36. The summed E-state index contributed by atoms with van der Waals surface area (Å²) >= 11 is 6.70. The zero-order chi connectivity index (χ0) is 26.8. The van der Waals surface area contributed by atoms with E-state index in [4.69, 9.17) is 26.4 Å². The van der Waals surface area contributed by atoms with Gasteiger partial charge in [0.2, 0.25) is 6.79 Å². The van der Waals surface area contributed by atoms with E-state index >= 15 is 0 Å². The summed E-state index contributed by atoms with van der Waals surface area (Å²) in [5, 5.41) is 3.27. The van der Waals surface area contributed by atoms with Crippen LogP contribution in [0.5, 0.6) is 11.5 Å². The monoisotopic (exact) mass is 552 g/mol. The number of amides is 1. The molecule has 9 nitrogen and oxygen atoms in total. The number of nitrogens with zero attached hydrogens (tertiary/aromatic N) is 3. The van der Waals surface area contributed by atoms with Gasteiger partial charge < -0.3 is 19.5 Å². The number of aryl methyl sites for hydroxylation is 1. The van der Waals surface area contributed by atoms with Crippen molar-refractivity contribution in [2.45, 2.75) is 39.8 Å². The smallest absolute Gasteiger partial charge is 0.267 e. The molecule has 0 spiro atoms. The predicted molar refractivity (Wildman–Crippen MR) is 152 cm³/mol. The fourth-order valence-electron chi connectivity index (χ4n) is 4.11. The Balaban J connectivity index is 1.43. The van der Waals surface area contributed by atoms with Crippen molar-refractivity contribution in [1.82, 2.24) is 14.3 Å². The standard InChI is InChI=1S/C27H28N4O5S2/c1-16(2)34-10-4-9-28-24-19(25(32)30-13-17(3)5-8-23(30)29-24)12-22-26(33)31(27(37)38-22)14-18-6-7-20-21(11-18)36-15-35-20/h5-8,11-13,16,28H,4,9-10,14-15H2,1-3H3/b22-12-. The van der Waals surface area contributed by atoms with Crippen LogP contribution in [0.1, 0.15) is 37.0 Å². The van der Waals surface area contributed by atoms with Crippen molar-refractivity contribution in [1.29, 1.82) is 0 Å². The van der Waals surface area contributed by atoms with E-state index in [1.165, 1.54) is 21.1 Å². The average Bonchev–Trinajstić information content (AvgIpc) is 3.45. The number of rotatable bonds is 9. The number of pyridine rings is 1. The fourth-order valence-corrected chi connectivity index (χ4v) is 5.35. The van der Waals surface area contributed by atoms with E-state index < -0.39 is 0 Å². The van der Waals surface area contributed by atoms with Crippen LogP contribution in [0.25, 0.3) is 11.7 Å². The minimum atomic E-state index is -0.263. The maximum Gasteiger partial charge on any atom is 0.267 e. The second-order valence-electron chi connectivity index (χ2n) is 9.27. The molecule has 1 fully saturated rings. The van der Waals surface area contributed by atoms with Gasteiger partial charge in [0, 0.05) is 19.3 Å². The highest BCUT2D eigenvalue weighted by molar-refractivity contribution is 8.26. The second-order valence-corrected chi connectivity index (χ2v) is 10.9. The summed E-state index contributed by atoms with van der Waals surface area (Å²) in [7, 11) is 0. The van der Waals surface area contributed by atoms with Crippen molar-refractivity contribution >= 4 is 51.7 Å². The first-order valence-corrected chi connectivity index (χ1v) is 13.5. The molecule has 0 saturated carbocycles. The number of thiocarbonyl (C=S) groups is 1. The first-order chi connectivity index (χ1) is 18.3. The Morgan fingerprint density at radius 1 is 1.21 bits per heavy atom. The molecule has 3 aromatic rings. The zero-order valence-electron chi connectivity index (χ0n) is 21.4. The van der Waals surface area contributed by atoms with Crippen molar-refractivity contribution in [2.75, 3.05) is 25.3 Å². The summed E-state index contributed by atoms with van der Waals surface area (Å²) < 4.78 is 18.4. The molecule has 1 amide bonds. The molecule has 0 atom stereocenters.